The number of benzene rings is 1. The van der Waals surface area contributed by atoms with Gasteiger partial charge < -0.3 is 21.9 Å². The average molecular weight is 263 g/mol. The lowest BCUT2D eigenvalue weighted by molar-refractivity contribution is 0.296. The molecule has 0 heterocycles. The molecule has 6 nitrogen and oxygen atoms in total. The van der Waals surface area contributed by atoms with Crippen LogP contribution < -0.4 is 21.9 Å². The van der Waals surface area contributed by atoms with E-state index < -0.39 is 0 Å². The van der Waals surface area contributed by atoms with Crippen molar-refractivity contribution in [2.24, 2.45) is 27.2 Å². The molecule has 6 heteroatoms. The quantitative estimate of drug-likeness (QED) is 0.547. The Morgan fingerprint density at radius 3 is 2.26 bits per heavy atom. The molecule has 0 spiro atoms. The van der Waals surface area contributed by atoms with Crippen LogP contribution in [0.3, 0.4) is 0 Å². The van der Waals surface area contributed by atoms with Crippen LogP contribution in [0.25, 0.3) is 0 Å². The zero-order valence-corrected chi connectivity index (χ0v) is 11.6. The topological polar surface area (TPSA) is 112 Å². The van der Waals surface area contributed by atoms with Crippen molar-refractivity contribution in [3.8, 4) is 5.75 Å². The van der Waals surface area contributed by atoms with Crippen LogP contribution in [0.2, 0.25) is 0 Å². The van der Waals surface area contributed by atoms with Crippen LogP contribution in [-0.2, 0) is 0 Å². The number of ether oxygens (including phenoxy) is 1. The van der Waals surface area contributed by atoms with Gasteiger partial charge in [-0.15, -0.1) is 0 Å². The van der Waals surface area contributed by atoms with E-state index >= 15 is 0 Å². The number of aliphatic imine (C=N–C) groups is 2. The molecule has 0 aliphatic heterocycles. The SMILES string of the molecule is Cc1cc(C)cc(OCC(C)N=C(N)N=C(N)N)c1. The maximum absolute atomic E-state index is 5.66. The van der Waals surface area contributed by atoms with Crippen molar-refractivity contribution >= 4 is 11.9 Å². The smallest absolute Gasteiger partial charge is 0.218 e. The Bertz CT molecular complexity index is 472. The molecule has 104 valence electrons. The zero-order valence-electron chi connectivity index (χ0n) is 11.6. The summed E-state index contributed by atoms with van der Waals surface area (Å²) in [5, 5.41) is 0. The molecule has 1 rings (SSSR count). The molecule has 1 atom stereocenters. The summed E-state index contributed by atoms with van der Waals surface area (Å²) in [6.45, 7) is 6.33. The molecule has 0 radical (unpaired) electrons. The van der Waals surface area contributed by atoms with E-state index in [1.165, 1.54) is 0 Å². The number of rotatable bonds is 4. The summed E-state index contributed by atoms with van der Waals surface area (Å²) in [5.74, 6) is 0.764. The first kappa shape index (κ1) is 14.8. The summed E-state index contributed by atoms with van der Waals surface area (Å²) >= 11 is 0. The molecule has 6 N–H and O–H groups in total. The third kappa shape index (κ3) is 5.76. The van der Waals surface area contributed by atoms with Gasteiger partial charge in [0, 0.05) is 0 Å². The van der Waals surface area contributed by atoms with Crippen molar-refractivity contribution in [2.45, 2.75) is 26.8 Å². The van der Waals surface area contributed by atoms with Gasteiger partial charge in [0.15, 0.2) is 5.96 Å². The van der Waals surface area contributed by atoms with Gasteiger partial charge in [0.2, 0.25) is 5.96 Å². The second kappa shape index (κ2) is 6.63. The number of hydrogen-bond acceptors (Lipinski definition) is 2. The standard InChI is InChI=1S/C13H21N5O/c1-8-4-9(2)6-11(5-8)19-7-10(3)17-13(16)18-12(14)15/h4-6,10H,7H2,1-3H3,(H6,14,15,16,17,18). The van der Waals surface area contributed by atoms with Gasteiger partial charge in [0.25, 0.3) is 0 Å². The number of guanidine groups is 2. The molecule has 0 aliphatic carbocycles. The lowest BCUT2D eigenvalue weighted by atomic mass is 10.1. The molecular formula is C13H21N5O. The Hall–Kier alpha value is -2.24. The Morgan fingerprint density at radius 1 is 1.16 bits per heavy atom. The Balaban J connectivity index is 2.59. The number of nitrogens with two attached hydrogens (primary N) is 3. The zero-order chi connectivity index (χ0) is 14.4. The average Bonchev–Trinajstić information content (AvgIpc) is 2.23. The van der Waals surface area contributed by atoms with E-state index in [1.807, 2.05) is 32.9 Å². The molecule has 0 aromatic heterocycles. The van der Waals surface area contributed by atoms with Crippen molar-refractivity contribution < 1.29 is 4.74 Å². The fourth-order valence-electron chi connectivity index (χ4n) is 1.66. The van der Waals surface area contributed by atoms with E-state index in [-0.39, 0.29) is 18.0 Å². The Morgan fingerprint density at radius 2 is 1.74 bits per heavy atom. The van der Waals surface area contributed by atoms with Crippen molar-refractivity contribution in [3.05, 3.63) is 29.3 Å². The van der Waals surface area contributed by atoms with Gasteiger partial charge in [0.1, 0.15) is 12.4 Å². The Kier molecular flexibility index (Phi) is 5.17. The van der Waals surface area contributed by atoms with Crippen molar-refractivity contribution in [1.29, 1.82) is 0 Å². The summed E-state index contributed by atoms with van der Waals surface area (Å²) < 4.78 is 5.66. The minimum atomic E-state index is -0.135. The minimum absolute atomic E-state index is 0.0523. The van der Waals surface area contributed by atoms with Gasteiger partial charge >= 0.3 is 0 Å². The highest BCUT2D eigenvalue weighted by atomic mass is 16.5. The van der Waals surface area contributed by atoms with Gasteiger partial charge in [-0.05, 0) is 44.0 Å². The van der Waals surface area contributed by atoms with Crippen LogP contribution >= 0.6 is 0 Å². The lowest BCUT2D eigenvalue weighted by Gasteiger charge is -2.11. The van der Waals surface area contributed by atoms with Gasteiger partial charge in [-0.3, -0.25) is 0 Å². The maximum atomic E-state index is 5.66. The van der Waals surface area contributed by atoms with Crippen LogP contribution in [0.5, 0.6) is 5.75 Å². The molecule has 0 bridgehead atoms. The minimum Gasteiger partial charge on any atom is -0.491 e. The third-order valence-corrected chi connectivity index (χ3v) is 2.28. The molecule has 1 aromatic carbocycles. The summed E-state index contributed by atoms with van der Waals surface area (Å²) in [5.41, 5.74) is 18.3. The first-order chi connectivity index (χ1) is 8.86. The third-order valence-electron chi connectivity index (χ3n) is 2.28. The fraction of sp³-hybridized carbons (Fsp3) is 0.385. The van der Waals surface area contributed by atoms with Gasteiger partial charge in [-0.1, -0.05) is 6.07 Å². The van der Waals surface area contributed by atoms with E-state index in [9.17, 15) is 0 Å². The molecule has 0 amide bonds. The van der Waals surface area contributed by atoms with Crippen molar-refractivity contribution in [2.75, 3.05) is 6.61 Å². The van der Waals surface area contributed by atoms with Crippen LogP contribution in [0.4, 0.5) is 0 Å². The van der Waals surface area contributed by atoms with Crippen LogP contribution in [0.15, 0.2) is 28.2 Å². The molecule has 0 saturated carbocycles. The molecule has 0 saturated heterocycles. The maximum Gasteiger partial charge on any atom is 0.218 e. The molecule has 0 fully saturated rings. The lowest BCUT2D eigenvalue weighted by Crippen LogP contribution is -2.27. The fourth-order valence-corrected chi connectivity index (χ4v) is 1.66. The van der Waals surface area contributed by atoms with E-state index in [2.05, 4.69) is 16.1 Å². The largest absolute Gasteiger partial charge is 0.491 e. The molecule has 1 aromatic rings. The predicted octanol–water partition coefficient (Wildman–Crippen LogP) is 0.659. The summed E-state index contributed by atoms with van der Waals surface area (Å²) in [6, 6.07) is 5.90. The highest BCUT2D eigenvalue weighted by molar-refractivity contribution is 5.92. The molecule has 19 heavy (non-hydrogen) atoms. The van der Waals surface area contributed by atoms with E-state index in [0.29, 0.717) is 6.61 Å². The van der Waals surface area contributed by atoms with E-state index in [1.54, 1.807) is 0 Å². The van der Waals surface area contributed by atoms with Crippen molar-refractivity contribution in [1.82, 2.24) is 0 Å². The first-order valence-electron chi connectivity index (χ1n) is 6.01. The molecule has 0 aliphatic rings. The number of hydrogen-bond donors (Lipinski definition) is 3. The normalized spacial score (nSPS) is 12.9. The summed E-state index contributed by atoms with van der Waals surface area (Å²) in [6.07, 6.45) is 0. The van der Waals surface area contributed by atoms with Gasteiger partial charge in [-0.2, -0.15) is 4.99 Å². The molecule has 1 unspecified atom stereocenters. The number of nitrogens with zero attached hydrogens (tertiary/aromatic N) is 2. The number of aryl methyl sites for hydroxylation is 2. The monoisotopic (exact) mass is 263 g/mol. The highest BCUT2D eigenvalue weighted by Crippen LogP contribution is 2.16. The van der Waals surface area contributed by atoms with Crippen LogP contribution in [-0.4, -0.2) is 24.6 Å². The summed E-state index contributed by atoms with van der Waals surface area (Å²) in [4.78, 5) is 7.74. The van der Waals surface area contributed by atoms with Crippen molar-refractivity contribution in [3.63, 3.8) is 0 Å². The van der Waals surface area contributed by atoms with Crippen LogP contribution in [0.1, 0.15) is 18.1 Å². The Labute approximate surface area is 113 Å². The van der Waals surface area contributed by atoms with Crippen LogP contribution in [0, 0.1) is 13.8 Å². The highest BCUT2D eigenvalue weighted by Gasteiger charge is 2.03. The van der Waals surface area contributed by atoms with E-state index in [4.69, 9.17) is 21.9 Å². The second-order valence-corrected chi connectivity index (χ2v) is 4.51. The first-order valence-corrected chi connectivity index (χ1v) is 6.01. The van der Waals surface area contributed by atoms with Gasteiger partial charge in [-0.25, -0.2) is 4.99 Å². The van der Waals surface area contributed by atoms with Gasteiger partial charge in [0.05, 0.1) is 6.04 Å². The second-order valence-electron chi connectivity index (χ2n) is 4.51. The molecular weight excluding hydrogens is 242 g/mol. The summed E-state index contributed by atoms with van der Waals surface area (Å²) in [7, 11) is 0. The van der Waals surface area contributed by atoms with E-state index in [0.717, 1.165) is 16.9 Å². The predicted molar refractivity (Wildman–Crippen MR) is 78.3 cm³/mol.